The summed E-state index contributed by atoms with van der Waals surface area (Å²) in [6.07, 6.45) is 3.82. The van der Waals surface area contributed by atoms with Crippen molar-refractivity contribution in [3.63, 3.8) is 0 Å². The Morgan fingerprint density at radius 3 is 2.00 bits per heavy atom. The highest BCUT2D eigenvalue weighted by molar-refractivity contribution is 7.69. The summed E-state index contributed by atoms with van der Waals surface area (Å²) < 4.78 is 23.1. The molecule has 1 aliphatic rings. The minimum absolute atomic E-state index is 0.179. The van der Waals surface area contributed by atoms with Gasteiger partial charge in [0.1, 0.15) is 0 Å². The van der Waals surface area contributed by atoms with Crippen molar-refractivity contribution in [3.05, 3.63) is 0 Å². The Bertz CT molecular complexity index is 173. The van der Waals surface area contributed by atoms with Crippen LogP contribution in [0.2, 0.25) is 0 Å². The molecule has 0 aromatic heterocycles. The molecule has 0 amide bonds. The minimum atomic E-state index is -2.62. The topological polar surface area (TPSA) is 69.4 Å². The first-order valence-electron chi connectivity index (χ1n) is 3.97. The van der Waals surface area contributed by atoms with Crippen LogP contribution in [0.4, 0.5) is 0 Å². The molecule has 1 aliphatic heterocycles. The van der Waals surface area contributed by atoms with E-state index in [1.165, 1.54) is 19.3 Å². The Hall–Kier alpha value is -0.130. The normalized spacial score (nSPS) is 21.3. The van der Waals surface area contributed by atoms with E-state index >= 15 is 0 Å². The lowest BCUT2D eigenvalue weighted by Crippen LogP contribution is -2.28. The highest BCUT2D eigenvalue weighted by atomic mass is 32.2. The summed E-state index contributed by atoms with van der Waals surface area (Å²) in [5, 5.41) is 4.06. The number of thiol groups is 1. The van der Waals surface area contributed by atoms with E-state index in [1.807, 2.05) is 0 Å². The minimum Gasteiger partial charge on any atom is -0.376 e. The van der Waals surface area contributed by atoms with Gasteiger partial charge >= 0.3 is 0 Å². The molecular formula is C7H17NO3S. The highest BCUT2D eigenvalue weighted by Gasteiger charge is 2.20. The quantitative estimate of drug-likeness (QED) is 0.551. The third-order valence-corrected chi connectivity index (χ3v) is 1.67. The van der Waals surface area contributed by atoms with E-state index in [2.05, 4.69) is 19.0 Å². The maximum atomic E-state index is 8.81. The molecular weight excluding hydrogens is 178 g/mol. The summed E-state index contributed by atoms with van der Waals surface area (Å²) >= 11 is 0. The molecule has 2 N–H and O–H groups in total. The van der Waals surface area contributed by atoms with Gasteiger partial charge in [0.2, 0.25) is 0 Å². The van der Waals surface area contributed by atoms with Crippen LogP contribution in [0.5, 0.6) is 0 Å². The second-order valence-electron chi connectivity index (χ2n) is 3.35. The van der Waals surface area contributed by atoms with Crippen molar-refractivity contribution in [3.8, 4) is 0 Å². The Balaban J connectivity index is 0.000000261. The molecule has 5 heteroatoms. The standard InChI is InChI=1S/C7H14O.H3NO2S/c1-7(2)5-3-4-6-8-7;1-4(2)3/h3-6H2,1-2H3;4H,(H2,1,2,3). The first-order valence-corrected chi connectivity index (χ1v) is 5.22. The second kappa shape index (κ2) is 5.50. The molecule has 0 bridgehead atoms. The Labute approximate surface area is 75.2 Å². The summed E-state index contributed by atoms with van der Waals surface area (Å²) in [4.78, 5) is 0. The largest absolute Gasteiger partial charge is 0.376 e. The van der Waals surface area contributed by atoms with E-state index in [0.29, 0.717) is 0 Å². The fraction of sp³-hybridized carbons (Fsp3) is 1.00. The van der Waals surface area contributed by atoms with Crippen LogP contribution in [-0.4, -0.2) is 20.6 Å². The first kappa shape index (κ1) is 11.9. The van der Waals surface area contributed by atoms with Crippen LogP contribution in [0, 0.1) is 0 Å². The molecule has 0 unspecified atom stereocenters. The van der Waals surface area contributed by atoms with Crippen molar-refractivity contribution in [2.45, 2.75) is 38.7 Å². The summed E-state index contributed by atoms with van der Waals surface area (Å²) in [5.41, 5.74) is 0.179. The van der Waals surface area contributed by atoms with Crippen molar-refractivity contribution in [1.82, 2.24) is 0 Å². The van der Waals surface area contributed by atoms with Gasteiger partial charge in [0.25, 0.3) is 0 Å². The van der Waals surface area contributed by atoms with Gasteiger partial charge in [-0.15, -0.1) is 0 Å². The average Bonchev–Trinajstić information content (AvgIpc) is 1.85. The van der Waals surface area contributed by atoms with E-state index in [9.17, 15) is 0 Å². The number of rotatable bonds is 0. The van der Waals surface area contributed by atoms with Gasteiger partial charge in [-0.25, -0.2) is 13.6 Å². The van der Waals surface area contributed by atoms with Crippen LogP contribution in [0.15, 0.2) is 0 Å². The molecule has 1 heterocycles. The van der Waals surface area contributed by atoms with Crippen molar-refractivity contribution in [2.24, 2.45) is 5.14 Å². The van der Waals surface area contributed by atoms with Gasteiger partial charge in [0.05, 0.1) is 5.60 Å². The predicted molar refractivity (Wildman–Crippen MR) is 48.4 cm³/mol. The lowest BCUT2D eigenvalue weighted by Gasteiger charge is -2.29. The predicted octanol–water partition coefficient (Wildman–Crippen LogP) is 0.437. The van der Waals surface area contributed by atoms with E-state index in [1.54, 1.807) is 0 Å². The van der Waals surface area contributed by atoms with Crippen LogP contribution in [0.3, 0.4) is 0 Å². The number of hydrogen-bond acceptors (Lipinski definition) is 3. The average molecular weight is 195 g/mol. The number of nitrogens with two attached hydrogens (primary N) is 1. The van der Waals surface area contributed by atoms with Gasteiger partial charge < -0.3 is 4.74 Å². The van der Waals surface area contributed by atoms with Crippen molar-refractivity contribution in [1.29, 1.82) is 0 Å². The summed E-state index contributed by atoms with van der Waals surface area (Å²) in [6, 6.07) is 0. The van der Waals surface area contributed by atoms with E-state index in [0.717, 1.165) is 6.61 Å². The van der Waals surface area contributed by atoms with Gasteiger partial charge in [0.15, 0.2) is 10.9 Å². The highest BCUT2D eigenvalue weighted by Crippen LogP contribution is 2.22. The molecule has 1 saturated heterocycles. The maximum absolute atomic E-state index is 8.81. The van der Waals surface area contributed by atoms with Crippen LogP contribution < -0.4 is 5.14 Å². The van der Waals surface area contributed by atoms with Gasteiger partial charge in [-0.3, -0.25) is 0 Å². The van der Waals surface area contributed by atoms with E-state index in [4.69, 9.17) is 13.2 Å². The fourth-order valence-corrected chi connectivity index (χ4v) is 1.07. The monoisotopic (exact) mass is 195 g/mol. The Kier molecular flexibility index (Phi) is 5.44. The van der Waals surface area contributed by atoms with Crippen LogP contribution in [-0.2, 0) is 15.6 Å². The van der Waals surface area contributed by atoms with E-state index in [-0.39, 0.29) is 5.60 Å². The lowest BCUT2D eigenvalue weighted by atomic mass is 9.99. The zero-order valence-corrected chi connectivity index (χ0v) is 8.47. The third kappa shape index (κ3) is 7.97. The zero-order valence-electron chi connectivity index (χ0n) is 7.58. The van der Waals surface area contributed by atoms with Crippen LogP contribution in [0.1, 0.15) is 33.1 Å². The van der Waals surface area contributed by atoms with Crippen molar-refractivity contribution >= 4 is 10.9 Å². The van der Waals surface area contributed by atoms with Gasteiger partial charge in [-0.1, -0.05) is 0 Å². The molecule has 0 saturated carbocycles. The molecule has 0 atom stereocenters. The third-order valence-electron chi connectivity index (χ3n) is 1.67. The molecule has 0 spiro atoms. The molecule has 4 nitrogen and oxygen atoms in total. The van der Waals surface area contributed by atoms with Gasteiger partial charge in [-0.05, 0) is 33.1 Å². The summed E-state index contributed by atoms with van der Waals surface area (Å²) in [6.45, 7) is 5.28. The number of ether oxygens (including phenoxy) is 1. The van der Waals surface area contributed by atoms with Crippen LogP contribution in [0.25, 0.3) is 0 Å². The van der Waals surface area contributed by atoms with Crippen molar-refractivity contribution in [2.75, 3.05) is 6.61 Å². The summed E-state index contributed by atoms with van der Waals surface area (Å²) in [5.74, 6) is 0. The molecule has 0 aromatic carbocycles. The zero-order chi connectivity index (χ0) is 9.61. The fourth-order valence-electron chi connectivity index (χ4n) is 1.07. The van der Waals surface area contributed by atoms with Gasteiger partial charge in [0, 0.05) is 6.61 Å². The van der Waals surface area contributed by atoms with Crippen molar-refractivity contribution < 1.29 is 13.2 Å². The number of hydrogen-bond donors (Lipinski definition) is 2. The Morgan fingerprint density at radius 1 is 1.33 bits per heavy atom. The second-order valence-corrected chi connectivity index (χ2v) is 3.92. The molecule has 1 rings (SSSR count). The summed E-state index contributed by atoms with van der Waals surface area (Å²) in [7, 11) is -2.62. The van der Waals surface area contributed by atoms with Gasteiger partial charge in [-0.2, -0.15) is 0 Å². The molecule has 0 radical (unpaired) electrons. The molecule has 1 fully saturated rings. The van der Waals surface area contributed by atoms with E-state index < -0.39 is 10.9 Å². The molecule has 12 heavy (non-hydrogen) atoms. The molecule has 74 valence electrons. The SMILES string of the molecule is CC1(C)CCCCO1.N[SH](=O)=O. The molecule has 0 aromatic rings. The Morgan fingerprint density at radius 2 is 1.83 bits per heavy atom. The lowest BCUT2D eigenvalue weighted by molar-refractivity contribution is -0.0511. The maximum Gasteiger partial charge on any atom is 0.198 e. The smallest absolute Gasteiger partial charge is 0.198 e. The molecule has 0 aliphatic carbocycles. The van der Waals surface area contributed by atoms with Crippen LogP contribution >= 0.6 is 0 Å². The first-order chi connectivity index (χ1) is 5.44.